The van der Waals surface area contributed by atoms with Gasteiger partial charge in [-0.3, -0.25) is 4.79 Å². The fourth-order valence-corrected chi connectivity index (χ4v) is 2.16. The summed E-state index contributed by atoms with van der Waals surface area (Å²) in [6.07, 6.45) is -4.19. The first-order valence-corrected chi connectivity index (χ1v) is 6.47. The van der Waals surface area contributed by atoms with Crippen LogP contribution in [0, 0.1) is 18.7 Å². The van der Waals surface area contributed by atoms with Gasteiger partial charge < -0.3 is 10.6 Å². The second-order valence-electron chi connectivity index (χ2n) is 5.25. The first-order chi connectivity index (χ1) is 9.68. The van der Waals surface area contributed by atoms with Crippen molar-refractivity contribution >= 4 is 11.7 Å². The minimum absolute atomic E-state index is 0.123. The number of rotatable bonds is 2. The average molecular weight is 305 g/mol. The number of nitrogens with zero attached hydrogens (tertiary/aromatic N) is 1. The summed E-state index contributed by atoms with van der Waals surface area (Å²) in [5, 5.41) is 5.22. The van der Waals surface area contributed by atoms with Crippen LogP contribution in [0.1, 0.15) is 24.6 Å². The molecule has 21 heavy (non-hydrogen) atoms. The van der Waals surface area contributed by atoms with E-state index < -0.39 is 35.5 Å². The van der Waals surface area contributed by atoms with Gasteiger partial charge in [0.05, 0.1) is 6.04 Å². The summed E-state index contributed by atoms with van der Waals surface area (Å²) in [5.74, 6) is -1.66. The van der Waals surface area contributed by atoms with Crippen LogP contribution < -0.4 is 10.6 Å². The molecule has 2 rings (SSSR count). The van der Waals surface area contributed by atoms with E-state index in [1.807, 2.05) is 6.92 Å². The molecule has 0 spiro atoms. The first kappa shape index (κ1) is 15.7. The second kappa shape index (κ2) is 5.59. The van der Waals surface area contributed by atoms with E-state index in [0.717, 1.165) is 0 Å². The molecule has 1 aromatic rings. The monoisotopic (exact) mass is 305 g/mol. The number of amides is 1. The SMILES string of the molecule is Cc1c(F)cc(C(F)(F)F)nc1NC(=O)[C@@H]1C[C@H](C)CN1. The molecule has 0 bridgehead atoms. The van der Waals surface area contributed by atoms with Crippen molar-refractivity contribution in [2.75, 3.05) is 11.9 Å². The number of hydrogen-bond acceptors (Lipinski definition) is 3. The lowest BCUT2D eigenvalue weighted by Crippen LogP contribution is -2.36. The van der Waals surface area contributed by atoms with Crippen LogP contribution in [0.5, 0.6) is 0 Å². The molecular formula is C13H15F4N3O. The van der Waals surface area contributed by atoms with Crippen LogP contribution in [0.4, 0.5) is 23.4 Å². The predicted molar refractivity (Wildman–Crippen MR) is 68.1 cm³/mol. The van der Waals surface area contributed by atoms with Gasteiger partial charge in [0.15, 0.2) is 0 Å². The van der Waals surface area contributed by atoms with Gasteiger partial charge in [0.1, 0.15) is 17.3 Å². The summed E-state index contributed by atoms with van der Waals surface area (Å²) in [6.45, 7) is 3.87. The molecular weight excluding hydrogens is 290 g/mol. The Kier molecular flexibility index (Phi) is 4.18. The summed E-state index contributed by atoms with van der Waals surface area (Å²) in [6, 6.07) is -0.181. The largest absolute Gasteiger partial charge is 0.433 e. The Bertz CT molecular complexity index is 559. The van der Waals surface area contributed by atoms with Crippen molar-refractivity contribution in [1.29, 1.82) is 0 Å². The van der Waals surface area contributed by atoms with Crippen molar-refractivity contribution in [3.05, 3.63) is 23.1 Å². The van der Waals surface area contributed by atoms with E-state index in [-0.39, 0.29) is 5.56 Å². The molecule has 2 heterocycles. The van der Waals surface area contributed by atoms with Gasteiger partial charge >= 0.3 is 6.18 Å². The van der Waals surface area contributed by atoms with Crippen LogP contribution in [0.3, 0.4) is 0 Å². The third-order valence-electron chi connectivity index (χ3n) is 3.41. The second-order valence-corrected chi connectivity index (χ2v) is 5.25. The van der Waals surface area contributed by atoms with E-state index >= 15 is 0 Å². The van der Waals surface area contributed by atoms with E-state index in [9.17, 15) is 22.4 Å². The maximum absolute atomic E-state index is 13.6. The Hall–Kier alpha value is -1.70. The number of halogens is 4. The topological polar surface area (TPSA) is 54.0 Å². The van der Waals surface area contributed by atoms with Crippen LogP contribution in [0.2, 0.25) is 0 Å². The molecule has 1 aliphatic rings. The predicted octanol–water partition coefficient (Wildman–Crippen LogP) is 2.48. The molecule has 2 atom stereocenters. The molecule has 4 nitrogen and oxygen atoms in total. The minimum atomic E-state index is -4.77. The number of alkyl halides is 3. The molecule has 0 radical (unpaired) electrons. The van der Waals surface area contributed by atoms with Crippen LogP contribution in [0.25, 0.3) is 0 Å². The number of aromatic nitrogens is 1. The van der Waals surface area contributed by atoms with Gasteiger partial charge in [0.25, 0.3) is 0 Å². The average Bonchev–Trinajstić information content (AvgIpc) is 2.80. The standard InChI is InChI=1S/C13H15F4N3O/c1-6-3-9(18-5-6)12(21)20-11-7(2)8(14)4-10(19-11)13(15,16)17/h4,6,9,18H,3,5H2,1-2H3,(H,19,20,21)/t6-,9-/m0/s1. The number of anilines is 1. The maximum Gasteiger partial charge on any atom is 0.433 e. The van der Waals surface area contributed by atoms with Gasteiger partial charge in [-0.15, -0.1) is 0 Å². The zero-order chi connectivity index (χ0) is 15.8. The van der Waals surface area contributed by atoms with Gasteiger partial charge in [-0.25, -0.2) is 9.37 Å². The summed E-state index contributed by atoms with van der Waals surface area (Å²) in [4.78, 5) is 15.3. The highest BCUT2D eigenvalue weighted by Crippen LogP contribution is 2.30. The van der Waals surface area contributed by atoms with Crippen molar-refractivity contribution in [2.45, 2.75) is 32.5 Å². The molecule has 0 saturated carbocycles. The highest BCUT2D eigenvalue weighted by atomic mass is 19.4. The molecule has 8 heteroatoms. The highest BCUT2D eigenvalue weighted by molar-refractivity contribution is 5.94. The highest BCUT2D eigenvalue weighted by Gasteiger charge is 2.35. The molecule has 1 aliphatic heterocycles. The first-order valence-electron chi connectivity index (χ1n) is 6.47. The van der Waals surface area contributed by atoms with E-state index in [1.165, 1.54) is 6.92 Å². The van der Waals surface area contributed by atoms with Gasteiger partial charge in [-0.05, 0) is 25.8 Å². The smallest absolute Gasteiger partial charge is 0.309 e. The Morgan fingerprint density at radius 1 is 1.48 bits per heavy atom. The maximum atomic E-state index is 13.6. The van der Waals surface area contributed by atoms with Crippen molar-refractivity contribution in [3.63, 3.8) is 0 Å². The Morgan fingerprint density at radius 3 is 2.67 bits per heavy atom. The lowest BCUT2D eigenvalue weighted by Gasteiger charge is -2.15. The minimum Gasteiger partial charge on any atom is -0.309 e. The molecule has 1 saturated heterocycles. The van der Waals surface area contributed by atoms with Gasteiger partial charge in [0.2, 0.25) is 5.91 Å². The summed E-state index contributed by atoms with van der Waals surface area (Å²) in [5.41, 5.74) is -1.49. The molecule has 0 unspecified atom stereocenters. The molecule has 1 fully saturated rings. The van der Waals surface area contributed by atoms with Crippen LogP contribution in [-0.4, -0.2) is 23.5 Å². The molecule has 0 aliphatic carbocycles. The molecule has 1 amide bonds. The Morgan fingerprint density at radius 2 is 2.14 bits per heavy atom. The zero-order valence-electron chi connectivity index (χ0n) is 11.5. The van der Waals surface area contributed by atoms with Crippen molar-refractivity contribution < 1.29 is 22.4 Å². The third-order valence-corrected chi connectivity index (χ3v) is 3.41. The number of nitrogens with one attached hydrogen (secondary N) is 2. The lowest BCUT2D eigenvalue weighted by atomic mass is 10.1. The number of carbonyl (C=O) groups is 1. The van der Waals surface area contributed by atoms with Crippen LogP contribution >= 0.6 is 0 Å². The fraction of sp³-hybridized carbons (Fsp3) is 0.538. The number of pyridine rings is 1. The molecule has 1 aromatic heterocycles. The summed E-state index contributed by atoms with van der Waals surface area (Å²) in [7, 11) is 0. The van der Waals surface area contributed by atoms with Crippen molar-refractivity contribution in [1.82, 2.24) is 10.3 Å². The number of carbonyl (C=O) groups excluding carboxylic acids is 1. The Labute approximate surface area is 118 Å². The summed E-state index contributed by atoms with van der Waals surface area (Å²) >= 11 is 0. The van der Waals surface area contributed by atoms with E-state index in [0.29, 0.717) is 24.9 Å². The van der Waals surface area contributed by atoms with Crippen molar-refractivity contribution in [3.8, 4) is 0 Å². The fourth-order valence-electron chi connectivity index (χ4n) is 2.16. The van der Waals surface area contributed by atoms with Gasteiger partial charge in [0, 0.05) is 11.6 Å². The van der Waals surface area contributed by atoms with Gasteiger partial charge in [-0.2, -0.15) is 13.2 Å². The molecule has 116 valence electrons. The van der Waals surface area contributed by atoms with Gasteiger partial charge in [-0.1, -0.05) is 6.92 Å². The van der Waals surface area contributed by atoms with Crippen LogP contribution in [0.15, 0.2) is 6.07 Å². The third kappa shape index (κ3) is 3.49. The summed E-state index contributed by atoms with van der Waals surface area (Å²) < 4.78 is 51.4. The van der Waals surface area contributed by atoms with E-state index in [4.69, 9.17) is 0 Å². The quantitative estimate of drug-likeness (QED) is 0.825. The van der Waals surface area contributed by atoms with Crippen LogP contribution in [-0.2, 0) is 11.0 Å². The zero-order valence-corrected chi connectivity index (χ0v) is 11.5. The van der Waals surface area contributed by atoms with E-state index in [1.54, 1.807) is 0 Å². The van der Waals surface area contributed by atoms with E-state index in [2.05, 4.69) is 15.6 Å². The lowest BCUT2D eigenvalue weighted by molar-refractivity contribution is -0.141. The number of hydrogen-bond donors (Lipinski definition) is 2. The Balaban J connectivity index is 2.23. The molecule has 2 N–H and O–H groups in total. The molecule has 0 aromatic carbocycles. The normalized spacial score (nSPS) is 22.4. The van der Waals surface area contributed by atoms with Crippen molar-refractivity contribution in [2.24, 2.45) is 5.92 Å².